The van der Waals surface area contributed by atoms with Crippen LogP contribution in [0.5, 0.6) is 0 Å². The molecule has 24 heavy (non-hydrogen) atoms. The topological polar surface area (TPSA) is 56.7 Å². The summed E-state index contributed by atoms with van der Waals surface area (Å²) in [6.07, 6.45) is 6.34. The Bertz CT molecular complexity index is 969. The zero-order valence-electron chi connectivity index (χ0n) is 13.0. The van der Waals surface area contributed by atoms with Gasteiger partial charge in [0.15, 0.2) is 5.82 Å². The van der Waals surface area contributed by atoms with Crippen molar-refractivity contribution >= 4 is 23.2 Å². The minimum Gasteiger partial charge on any atom is -0.335 e. The van der Waals surface area contributed by atoms with E-state index in [9.17, 15) is 0 Å². The minimum absolute atomic E-state index is 0.518. The predicted molar refractivity (Wildman–Crippen MR) is 93.1 cm³/mol. The fourth-order valence-corrected chi connectivity index (χ4v) is 2.58. The molecule has 0 aliphatic heterocycles. The Morgan fingerprint density at radius 1 is 0.958 bits per heavy atom. The van der Waals surface area contributed by atoms with Crippen molar-refractivity contribution < 1.29 is 4.52 Å². The summed E-state index contributed by atoms with van der Waals surface area (Å²) in [4.78, 5) is 8.79. The van der Waals surface area contributed by atoms with Gasteiger partial charge in [-0.3, -0.25) is 0 Å². The first-order valence-corrected chi connectivity index (χ1v) is 7.84. The average molecular weight is 316 g/mol. The molecule has 4 aromatic rings. The van der Waals surface area contributed by atoms with Crippen molar-refractivity contribution in [2.75, 3.05) is 0 Å². The predicted octanol–water partition coefficient (Wildman–Crippen LogP) is 3.83. The third-order valence-corrected chi connectivity index (χ3v) is 3.81. The maximum Gasteiger partial charge on any atom is 0.250 e. The average Bonchev–Trinajstić information content (AvgIpc) is 3.26. The normalized spacial score (nSPS) is 11.5. The van der Waals surface area contributed by atoms with E-state index in [1.165, 1.54) is 0 Å². The fourth-order valence-electron chi connectivity index (χ4n) is 2.58. The number of benzene rings is 2. The zero-order chi connectivity index (χ0) is 16.2. The smallest absolute Gasteiger partial charge is 0.250 e. The molecule has 0 spiro atoms. The molecule has 0 amide bonds. The molecule has 0 atom stereocenters. The highest BCUT2D eigenvalue weighted by molar-refractivity contribution is 5.74. The van der Waals surface area contributed by atoms with Gasteiger partial charge in [-0.25, -0.2) is 4.98 Å². The van der Waals surface area contributed by atoms with Gasteiger partial charge in [0.1, 0.15) is 0 Å². The van der Waals surface area contributed by atoms with Crippen LogP contribution < -0.4 is 0 Å². The van der Waals surface area contributed by atoms with E-state index in [1.54, 1.807) is 0 Å². The zero-order valence-corrected chi connectivity index (χ0v) is 13.0. The lowest BCUT2D eigenvalue weighted by molar-refractivity contribution is 0.401. The van der Waals surface area contributed by atoms with E-state index in [-0.39, 0.29) is 0 Å². The third kappa shape index (κ3) is 3.10. The van der Waals surface area contributed by atoms with Crippen molar-refractivity contribution in [1.82, 2.24) is 19.7 Å². The molecule has 0 N–H and O–H groups in total. The summed E-state index contributed by atoms with van der Waals surface area (Å²) < 4.78 is 7.37. The maximum absolute atomic E-state index is 5.27. The van der Waals surface area contributed by atoms with Gasteiger partial charge in [-0.2, -0.15) is 4.98 Å². The van der Waals surface area contributed by atoms with Gasteiger partial charge in [-0.1, -0.05) is 47.6 Å². The third-order valence-electron chi connectivity index (χ3n) is 3.81. The first kappa shape index (κ1) is 14.4. The molecule has 118 valence electrons. The molecule has 0 saturated carbocycles. The second-order valence-electron chi connectivity index (χ2n) is 5.47. The maximum atomic E-state index is 5.27. The quantitative estimate of drug-likeness (QED) is 0.561. The monoisotopic (exact) mass is 316 g/mol. The fraction of sp³-hybridized carbons (Fsp3) is 0.105. The summed E-state index contributed by atoms with van der Waals surface area (Å²) in [5.41, 5.74) is 3.21. The van der Waals surface area contributed by atoms with Gasteiger partial charge in [-0.05, 0) is 23.8 Å². The Morgan fingerprint density at radius 3 is 2.71 bits per heavy atom. The van der Waals surface area contributed by atoms with Crippen molar-refractivity contribution in [3.8, 4) is 0 Å². The van der Waals surface area contributed by atoms with Crippen molar-refractivity contribution in [2.45, 2.75) is 13.0 Å². The van der Waals surface area contributed by atoms with Crippen LogP contribution in [-0.2, 0) is 13.0 Å². The van der Waals surface area contributed by atoms with E-state index in [0.29, 0.717) is 18.1 Å². The van der Waals surface area contributed by atoms with E-state index < -0.39 is 0 Å². The number of rotatable bonds is 5. The first-order valence-electron chi connectivity index (χ1n) is 7.84. The summed E-state index contributed by atoms with van der Waals surface area (Å²) in [5, 5.41) is 4.04. The second-order valence-corrected chi connectivity index (χ2v) is 5.47. The lowest BCUT2D eigenvalue weighted by atomic mass is 10.2. The molecule has 0 unspecified atom stereocenters. The number of hydrogen-bond donors (Lipinski definition) is 0. The van der Waals surface area contributed by atoms with Gasteiger partial charge < -0.3 is 9.09 Å². The summed E-state index contributed by atoms with van der Waals surface area (Å²) in [5.74, 6) is 1.21. The number of fused-ring (bicyclic) bond motifs is 1. The number of aryl methyl sites for hydroxylation is 2. The molecule has 0 aliphatic rings. The number of hydrogen-bond acceptors (Lipinski definition) is 4. The largest absolute Gasteiger partial charge is 0.335 e. The van der Waals surface area contributed by atoms with Crippen LogP contribution in [0.2, 0.25) is 0 Å². The molecule has 0 radical (unpaired) electrons. The van der Waals surface area contributed by atoms with Crippen molar-refractivity contribution in [3.05, 3.63) is 78.2 Å². The molecule has 0 fully saturated rings. The molecule has 5 nitrogen and oxygen atoms in total. The van der Waals surface area contributed by atoms with Crippen molar-refractivity contribution in [3.63, 3.8) is 0 Å². The van der Waals surface area contributed by atoms with Gasteiger partial charge in [0, 0.05) is 19.0 Å². The molecule has 0 aliphatic carbocycles. The van der Waals surface area contributed by atoms with Crippen LogP contribution in [0.3, 0.4) is 0 Å². The van der Waals surface area contributed by atoms with Crippen LogP contribution in [0.25, 0.3) is 23.2 Å². The van der Waals surface area contributed by atoms with Crippen LogP contribution in [0.15, 0.2) is 65.4 Å². The van der Waals surface area contributed by atoms with Crippen molar-refractivity contribution in [1.29, 1.82) is 0 Å². The summed E-state index contributed by atoms with van der Waals surface area (Å²) in [7, 11) is 0. The Hall–Kier alpha value is -3.21. The second kappa shape index (κ2) is 6.50. The van der Waals surface area contributed by atoms with Gasteiger partial charge in [-0.15, -0.1) is 0 Å². The Labute approximate surface area is 139 Å². The lowest BCUT2D eigenvalue weighted by Crippen LogP contribution is -2.01. The van der Waals surface area contributed by atoms with E-state index in [2.05, 4.69) is 25.8 Å². The number of para-hydroxylation sites is 2. The van der Waals surface area contributed by atoms with Crippen LogP contribution in [0.4, 0.5) is 0 Å². The van der Waals surface area contributed by atoms with E-state index in [0.717, 1.165) is 23.1 Å². The molecule has 2 aromatic carbocycles. The van der Waals surface area contributed by atoms with Gasteiger partial charge in [0.05, 0.1) is 17.4 Å². The Morgan fingerprint density at radius 2 is 1.79 bits per heavy atom. The SMILES string of the molecule is C(=C\c1nc(CCn2cnc3ccccc32)no1)/c1ccccc1. The Kier molecular flexibility index (Phi) is 3.90. The van der Waals surface area contributed by atoms with Crippen LogP contribution in [0.1, 0.15) is 17.3 Å². The number of nitrogens with zero attached hydrogens (tertiary/aromatic N) is 4. The molecule has 2 aromatic heterocycles. The van der Waals surface area contributed by atoms with Crippen LogP contribution >= 0.6 is 0 Å². The van der Waals surface area contributed by atoms with Gasteiger partial charge in [0.25, 0.3) is 5.89 Å². The highest BCUT2D eigenvalue weighted by Gasteiger charge is 2.06. The molecule has 5 heteroatoms. The molecule has 4 rings (SSSR count). The van der Waals surface area contributed by atoms with Crippen LogP contribution in [0, 0.1) is 0 Å². The Balaban J connectivity index is 1.43. The van der Waals surface area contributed by atoms with Crippen molar-refractivity contribution in [2.24, 2.45) is 0 Å². The highest BCUT2D eigenvalue weighted by atomic mass is 16.5. The lowest BCUT2D eigenvalue weighted by Gasteiger charge is -2.00. The molecule has 0 bridgehead atoms. The summed E-state index contributed by atoms with van der Waals surface area (Å²) >= 11 is 0. The molecular weight excluding hydrogens is 300 g/mol. The molecule has 0 saturated heterocycles. The minimum atomic E-state index is 0.518. The summed E-state index contributed by atoms with van der Waals surface area (Å²) in [6, 6.07) is 18.1. The summed E-state index contributed by atoms with van der Waals surface area (Å²) in [6.45, 7) is 0.766. The first-order chi connectivity index (χ1) is 11.9. The van der Waals surface area contributed by atoms with Crippen LogP contribution in [-0.4, -0.2) is 19.7 Å². The van der Waals surface area contributed by atoms with Gasteiger partial charge in [0.2, 0.25) is 0 Å². The van der Waals surface area contributed by atoms with E-state index in [1.807, 2.05) is 67.0 Å². The van der Waals surface area contributed by atoms with E-state index in [4.69, 9.17) is 4.52 Å². The number of aromatic nitrogens is 4. The van der Waals surface area contributed by atoms with Gasteiger partial charge >= 0.3 is 0 Å². The standard InChI is InChI=1S/C19H16N4O/c1-2-6-15(7-3-1)10-11-19-21-18(22-24-19)12-13-23-14-20-16-8-4-5-9-17(16)23/h1-11,14H,12-13H2/b11-10+. The molecule has 2 heterocycles. The van der Waals surface area contributed by atoms with E-state index >= 15 is 0 Å². The molecular formula is C19H16N4O. The number of imidazole rings is 1. The highest BCUT2D eigenvalue weighted by Crippen LogP contribution is 2.13.